The summed E-state index contributed by atoms with van der Waals surface area (Å²) in [6.07, 6.45) is 3.06. The standard InChI is InChI=1S/C20H21NO5/c1-13-11-15(20(23)26-4)5-8-17(13)21-19(22)10-6-14-12-16(24-2)7-9-18(14)25-3/h5-12H,1-4H3,(H,21,22)/b10-6+. The van der Waals surface area contributed by atoms with E-state index in [1.54, 1.807) is 63.6 Å². The molecule has 0 aliphatic carbocycles. The Balaban J connectivity index is 2.14. The first-order valence-corrected chi connectivity index (χ1v) is 7.88. The van der Waals surface area contributed by atoms with Gasteiger partial charge >= 0.3 is 5.97 Å². The molecule has 0 aromatic heterocycles. The number of hydrogen-bond acceptors (Lipinski definition) is 5. The van der Waals surface area contributed by atoms with E-state index in [1.165, 1.54) is 13.2 Å². The Morgan fingerprint density at radius 1 is 1.00 bits per heavy atom. The fourth-order valence-corrected chi connectivity index (χ4v) is 2.36. The molecule has 0 fully saturated rings. The normalized spacial score (nSPS) is 10.5. The summed E-state index contributed by atoms with van der Waals surface area (Å²) in [4.78, 5) is 23.7. The number of carbonyl (C=O) groups is 2. The maximum absolute atomic E-state index is 12.2. The monoisotopic (exact) mass is 355 g/mol. The Kier molecular flexibility index (Phi) is 6.38. The van der Waals surface area contributed by atoms with E-state index < -0.39 is 5.97 Å². The SMILES string of the molecule is COC(=O)c1ccc(NC(=O)/C=C/c2cc(OC)ccc2OC)c(C)c1. The number of amides is 1. The van der Waals surface area contributed by atoms with Crippen LogP contribution in [0.15, 0.2) is 42.5 Å². The Morgan fingerprint density at radius 2 is 1.77 bits per heavy atom. The second-order valence-corrected chi connectivity index (χ2v) is 5.45. The summed E-state index contributed by atoms with van der Waals surface area (Å²) >= 11 is 0. The minimum atomic E-state index is -0.420. The molecule has 0 unspecified atom stereocenters. The van der Waals surface area contributed by atoms with Crippen molar-refractivity contribution in [1.82, 2.24) is 0 Å². The number of benzene rings is 2. The van der Waals surface area contributed by atoms with Gasteiger partial charge in [-0.2, -0.15) is 0 Å². The Hall–Kier alpha value is -3.28. The number of esters is 1. The molecule has 136 valence electrons. The predicted molar refractivity (Wildman–Crippen MR) is 99.7 cm³/mol. The first-order valence-electron chi connectivity index (χ1n) is 7.88. The molecule has 0 aliphatic rings. The van der Waals surface area contributed by atoms with Gasteiger partial charge in [0.05, 0.1) is 26.9 Å². The van der Waals surface area contributed by atoms with E-state index in [-0.39, 0.29) is 5.91 Å². The number of anilines is 1. The lowest BCUT2D eigenvalue weighted by Gasteiger charge is -2.09. The predicted octanol–water partition coefficient (Wildman–Crippen LogP) is 3.45. The van der Waals surface area contributed by atoms with Crippen molar-refractivity contribution in [1.29, 1.82) is 0 Å². The van der Waals surface area contributed by atoms with E-state index in [1.807, 2.05) is 0 Å². The molecule has 0 bridgehead atoms. The molecule has 0 spiro atoms. The van der Waals surface area contributed by atoms with Gasteiger partial charge in [0.2, 0.25) is 5.91 Å². The molecule has 0 radical (unpaired) electrons. The van der Waals surface area contributed by atoms with Gasteiger partial charge in [-0.15, -0.1) is 0 Å². The van der Waals surface area contributed by atoms with Crippen molar-refractivity contribution in [3.8, 4) is 11.5 Å². The third-order valence-electron chi connectivity index (χ3n) is 3.76. The van der Waals surface area contributed by atoms with Gasteiger partial charge in [-0.3, -0.25) is 4.79 Å². The Morgan fingerprint density at radius 3 is 2.38 bits per heavy atom. The van der Waals surface area contributed by atoms with Gasteiger partial charge in [-0.05, 0) is 55.0 Å². The summed E-state index contributed by atoms with van der Waals surface area (Å²) in [6, 6.07) is 10.3. The van der Waals surface area contributed by atoms with Crippen LogP contribution in [-0.4, -0.2) is 33.2 Å². The Bertz CT molecular complexity index is 842. The minimum absolute atomic E-state index is 0.302. The van der Waals surface area contributed by atoms with Crippen LogP contribution < -0.4 is 14.8 Å². The maximum atomic E-state index is 12.2. The molecule has 2 rings (SSSR count). The second kappa shape index (κ2) is 8.71. The average Bonchev–Trinajstić information content (AvgIpc) is 2.66. The smallest absolute Gasteiger partial charge is 0.337 e. The highest BCUT2D eigenvalue weighted by atomic mass is 16.5. The van der Waals surface area contributed by atoms with Crippen LogP contribution in [0, 0.1) is 6.92 Å². The number of hydrogen-bond donors (Lipinski definition) is 1. The number of carbonyl (C=O) groups excluding carboxylic acids is 2. The van der Waals surface area contributed by atoms with Gasteiger partial charge in [0.15, 0.2) is 0 Å². The van der Waals surface area contributed by atoms with E-state index in [0.29, 0.717) is 22.7 Å². The molecule has 2 aromatic carbocycles. The molecule has 6 heteroatoms. The first kappa shape index (κ1) is 19.1. The lowest BCUT2D eigenvalue weighted by atomic mass is 10.1. The zero-order chi connectivity index (χ0) is 19.1. The molecule has 0 saturated carbocycles. The fraction of sp³-hybridized carbons (Fsp3) is 0.200. The zero-order valence-corrected chi connectivity index (χ0v) is 15.2. The number of nitrogens with one attached hydrogen (secondary N) is 1. The molecule has 0 heterocycles. The summed E-state index contributed by atoms with van der Waals surface area (Å²) in [5.74, 6) is 0.577. The molecule has 0 aliphatic heterocycles. The molecular weight excluding hydrogens is 334 g/mol. The summed E-state index contributed by atoms with van der Waals surface area (Å²) in [6.45, 7) is 1.80. The molecule has 6 nitrogen and oxygen atoms in total. The van der Waals surface area contributed by atoms with Gasteiger partial charge in [0, 0.05) is 17.3 Å². The number of methoxy groups -OCH3 is 3. The molecular formula is C20H21NO5. The highest BCUT2D eigenvalue weighted by Crippen LogP contribution is 2.25. The quantitative estimate of drug-likeness (QED) is 0.635. The largest absolute Gasteiger partial charge is 0.497 e. The van der Waals surface area contributed by atoms with Crippen LogP contribution >= 0.6 is 0 Å². The van der Waals surface area contributed by atoms with E-state index in [0.717, 1.165) is 11.1 Å². The van der Waals surface area contributed by atoms with Gasteiger partial charge in [0.1, 0.15) is 11.5 Å². The van der Waals surface area contributed by atoms with Gasteiger partial charge in [0.25, 0.3) is 0 Å². The molecule has 1 N–H and O–H groups in total. The molecule has 0 saturated heterocycles. The zero-order valence-electron chi connectivity index (χ0n) is 15.2. The fourth-order valence-electron chi connectivity index (χ4n) is 2.36. The lowest BCUT2D eigenvalue weighted by Crippen LogP contribution is -2.10. The van der Waals surface area contributed by atoms with Crippen molar-refractivity contribution in [2.75, 3.05) is 26.6 Å². The second-order valence-electron chi connectivity index (χ2n) is 5.45. The van der Waals surface area contributed by atoms with Crippen LogP contribution in [0.4, 0.5) is 5.69 Å². The summed E-state index contributed by atoms with van der Waals surface area (Å²) in [5.41, 5.74) is 2.53. The third kappa shape index (κ3) is 4.63. The summed E-state index contributed by atoms with van der Waals surface area (Å²) in [5, 5.41) is 2.78. The van der Waals surface area contributed by atoms with Crippen molar-refractivity contribution < 1.29 is 23.8 Å². The van der Waals surface area contributed by atoms with Gasteiger partial charge < -0.3 is 19.5 Å². The molecule has 2 aromatic rings. The maximum Gasteiger partial charge on any atom is 0.337 e. The molecule has 1 amide bonds. The van der Waals surface area contributed by atoms with Gasteiger partial charge in [-0.25, -0.2) is 4.79 Å². The van der Waals surface area contributed by atoms with Crippen molar-refractivity contribution >= 4 is 23.6 Å². The summed E-state index contributed by atoms with van der Waals surface area (Å²) < 4.78 is 15.1. The number of ether oxygens (including phenoxy) is 3. The van der Waals surface area contributed by atoms with Crippen LogP contribution in [-0.2, 0) is 9.53 Å². The lowest BCUT2D eigenvalue weighted by molar-refractivity contribution is -0.111. The van der Waals surface area contributed by atoms with E-state index in [4.69, 9.17) is 9.47 Å². The average molecular weight is 355 g/mol. The van der Waals surface area contributed by atoms with Crippen LogP contribution in [0.1, 0.15) is 21.5 Å². The molecule has 0 atom stereocenters. The highest BCUT2D eigenvalue weighted by Gasteiger charge is 2.09. The van der Waals surface area contributed by atoms with Crippen molar-refractivity contribution in [2.24, 2.45) is 0 Å². The van der Waals surface area contributed by atoms with Gasteiger partial charge in [-0.1, -0.05) is 0 Å². The topological polar surface area (TPSA) is 73.9 Å². The van der Waals surface area contributed by atoms with Crippen molar-refractivity contribution in [3.63, 3.8) is 0 Å². The van der Waals surface area contributed by atoms with E-state index >= 15 is 0 Å². The number of rotatable bonds is 6. The minimum Gasteiger partial charge on any atom is -0.497 e. The third-order valence-corrected chi connectivity index (χ3v) is 3.76. The van der Waals surface area contributed by atoms with E-state index in [2.05, 4.69) is 10.1 Å². The number of aryl methyl sites for hydroxylation is 1. The van der Waals surface area contributed by atoms with E-state index in [9.17, 15) is 9.59 Å². The highest BCUT2D eigenvalue weighted by molar-refractivity contribution is 6.03. The summed E-state index contributed by atoms with van der Waals surface area (Å²) in [7, 11) is 4.46. The van der Waals surface area contributed by atoms with Crippen LogP contribution in [0.5, 0.6) is 11.5 Å². The van der Waals surface area contributed by atoms with Crippen LogP contribution in [0.25, 0.3) is 6.08 Å². The van der Waals surface area contributed by atoms with Crippen molar-refractivity contribution in [2.45, 2.75) is 6.92 Å². The Labute approximate surface area is 152 Å². The molecule has 26 heavy (non-hydrogen) atoms. The van der Waals surface area contributed by atoms with Crippen LogP contribution in [0.2, 0.25) is 0 Å². The van der Waals surface area contributed by atoms with Crippen molar-refractivity contribution in [3.05, 3.63) is 59.2 Å². The first-order chi connectivity index (χ1) is 12.5. The van der Waals surface area contributed by atoms with Crippen LogP contribution in [0.3, 0.4) is 0 Å².